The first-order valence-corrected chi connectivity index (χ1v) is 7.60. The number of methoxy groups -OCH3 is 1. The number of carbonyl (C=O) groups is 1. The molecule has 118 valence electrons. The van der Waals surface area contributed by atoms with Gasteiger partial charge in [0.05, 0.1) is 23.8 Å². The number of imidazole rings is 1. The third-order valence-electron chi connectivity index (χ3n) is 3.46. The first-order chi connectivity index (χ1) is 11.2. The van der Waals surface area contributed by atoms with Gasteiger partial charge in [0.1, 0.15) is 11.6 Å². The summed E-state index contributed by atoms with van der Waals surface area (Å²) in [6.45, 7) is 0. The van der Waals surface area contributed by atoms with E-state index in [1.54, 1.807) is 25.3 Å². The number of aryl methyl sites for hydroxylation is 1. The van der Waals surface area contributed by atoms with E-state index >= 15 is 0 Å². The molecular formula is C17H16ClN3O2. The molecule has 0 fully saturated rings. The zero-order valence-corrected chi connectivity index (χ0v) is 13.4. The normalized spacial score (nSPS) is 10.7. The molecule has 5 nitrogen and oxygen atoms in total. The summed E-state index contributed by atoms with van der Waals surface area (Å²) in [6, 6.07) is 12.9. The molecule has 1 amide bonds. The third-order valence-corrected chi connectivity index (χ3v) is 3.70. The van der Waals surface area contributed by atoms with Gasteiger partial charge in [-0.25, -0.2) is 4.98 Å². The molecular weight excluding hydrogens is 314 g/mol. The van der Waals surface area contributed by atoms with Gasteiger partial charge in [-0.15, -0.1) is 0 Å². The van der Waals surface area contributed by atoms with E-state index in [2.05, 4.69) is 15.3 Å². The first kappa shape index (κ1) is 15.4. The van der Waals surface area contributed by atoms with Crippen LogP contribution in [0.25, 0.3) is 11.0 Å². The van der Waals surface area contributed by atoms with E-state index in [9.17, 15) is 4.79 Å². The molecule has 3 aromatic rings. The Bertz CT molecular complexity index is 812. The summed E-state index contributed by atoms with van der Waals surface area (Å²) >= 11 is 5.95. The molecule has 0 unspecified atom stereocenters. The maximum atomic E-state index is 12.1. The van der Waals surface area contributed by atoms with E-state index in [0.29, 0.717) is 29.3 Å². The van der Waals surface area contributed by atoms with Crippen molar-refractivity contribution in [3.63, 3.8) is 0 Å². The van der Waals surface area contributed by atoms with Crippen LogP contribution >= 0.6 is 11.6 Å². The summed E-state index contributed by atoms with van der Waals surface area (Å²) in [5, 5.41) is 3.36. The maximum absolute atomic E-state index is 12.1. The number of carbonyl (C=O) groups excluding carboxylic acids is 1. The van der Waals surface area contributed by atoms with E-state index in [0.717, 1.165) is 16.9 Å². The van der Waals surface area contributed by atoms with Crippen LogP contribution in [0.1, 0.15) is 12.2 Å². The van der Waals surface area contributed by atoms with E-state index in [1.165, 1.54) is 0 Å². The van der Waals surface area contributed by atoms with Crippen molar-refractivity contribution >= 4 is 34.2 Å². The Morgan fingerprint density at radius 2 is 2.13 bits per heavy atom. The number of hydrogen-bond acceptors (Lipinski definition) is 3. The van der Waals surface area contributed by atoms with Crippen molar-refractivity contribution in [2.75, 3.05) is 12.4 Å². The number of aromatic nitrogens is 2. The number of anilines is 1. The number of nitrogens with zero attached hydrogens (tertiary/aromatic N) is 1. The van der Waals surface area contributed by atoms with Crippen LogP contribution in [0, 0.1) is 0 Å². The second-order valence-corrected chi connectivity index (χ2v) is 5.53. The van der Waals surface area contributed by atoms with Crippen molar-refractivity contribution in [1.82, 2.24) is 9.97 Å². The minimum absolute atomic E-state index is 0.119. The van der Waals surface area contributed by atoms with Gasteiger partial charge in [-0.1, -0.05) is 23.7 Å². The third kappa shape index (κ3) is 3.63. The highest BCUT2D eigenvalue weighted by atomic mass is 35.5. The fraction of sp³-hybridized carbons (Fsp3) is 0.176. The molecule has 0 atom stereocenters. The Balaban J connectivity index is 1.64. The van der Waals surface area contributed by atoms with Gasteiger partial charge in [-0.05, 0) is 30.3 Å². The zero-order chi connectivity index (χ0) is 16.2. The van der Waals surface area contributed by atoms with Crippen LogP contribution in [-0.4, -0.2) is 23.0 Å². The quantitative estimate of drug-likeness (QED) is 0.748. The Morgan fingerprint density at radius 3 is 2.91 bits per heavy atom. The lowest BCUT2D eigenvalue weighted by molar-refractivity contribution is -0.116. The molecule has 0 radical (unpaired) electrons. The van der Waals surface area contributed by atoms with Crippen molar-refractivity contribution in [3.8, 4) is 5.75 Å². The van der Waals surface area contributed by atoms with Crippen molar-refractivity contribution in [2.24, 2.45) is 0 Å². The molecule has 0 saturated carbocycles. The van der Waals surface area contributed by atoms with Gasteiger partial charge < -0.3 is 15.0 Å². The highest BCUT2D eigenvalue weighted by Crippen LogP contribution is 2.27. The summed E-state index contributed by atoms with van der Waals surface area (Å²) in [4.78, 5) is 19.8. The SMILES string of the molecule is COc1ccc(Cl)cc1NC(=O)CCc1nc2ccccc2[nH]1. The number of aromatic amines is 1. The fourth-order valence-electron chi connectivity index (χ4n) is 2.35. The molecule has 23 heavy (non-hydrogen) atoms. The van der Waals surface area contributed by atoms with Gasteiger partial charge >= 0.3 is 0 Å². The number of H-pyrrole nitrogens is 1. The van der Waals surface area contributed by atoms with Gasteiger partial charge in [0.2, 0.25) is 5.91 Å². The lowest BCUT2D eigenvalue weighted by Crippen LogP contribution is -2.13. The summed E-state index contributed by atoms with van der Waals surface area (Å²) in [6.07, 6.45) is 0.846. The zero-order valence-electron chi connectivity index (χ0n) is 12.6. The molecule has 0 aliphatic carbocycles. The highest BCUT2D eigenvalue weighted by molar-refractivity contribution is 6.31. The van der Waals surface area contributed by atoms with Crippen LogP contribution in [-0.2, 0) is 11.2 Å². The van der Waals surface area contributed by atoms with Crippen molar-refractivity contribution < 1.29 is 9.53 Å². The Hall–Kier alpha value is -2.53. The number of ether oxygens (including phenoxy) is 1. The van der Waals surface area contributed by atoms with Gasteiger partial charge in [-0.3, -0.25) is 4.79 Å². The summed E-state index contributed by atoms with van der Waals surface area (Å²) < 4.78 is 5.21. The molecule has 1 heterocycles. The molecule has 0 bridgehead atoms. The number of halogens is 1. The van der Waals surface area contributed by atoms with Gasteiger partial charge in [-0.2, -0.15) is 0 Å². The molecule has 2 aromatic carbocycles. The molecule has 3 rings (SSSR count). The van der Waals surface area contributed by atoms with Crippen LogP contribution < -0.4 is 10.1 Å². The van der Waals surface area contributed by atoms with E-state index < -0.39 is 0 Å². The Kier molecular flexibility index (Phi) is 4.48. The number of amides is 1. The Labute approximate surface area is 138 Å². The van der Waals surface area contributed by atoms with Crippen LogP contribution in [0.4, 0.5) is 5.69 Å². The predicted octanol–water partition coefficient (Wildman–Crippen LogP) is 3.80. The topological polar surface area (TPSA) is 67.0 Å². The lowest BCUT2D eigenvalue weighted by Gasteiger charge is -2.10. The maximum Gasteiger partial charge on any atom is 0.224 e. The molecule has 0 aliphatic heterocycles. The van der Waals surface area contributed by atoms with Gasteiger partial charge in [0.15, 0.2) is 0 Å². The minimum atomic E-state index is -0.119. The van der Waals surface area contributed by atoms with Crippen molar-refractivity contribution in [2.45, 2.75) is 12.8 Å². The van der Waals surface area contributed by atoms with Crippen molar-refractivity contribution in [3.05, 3.63) is 53.3 Å². The van der Waals surface area contributed by atoms with E-state index in [4.69, 9.17) is 16.3 Å². The predicted molar refractivity (Wildman–Crippen MR) is 91.0 cm³/mol. The van der Waals surface area contributed by atoms with Crippen LogP contribution in [0.2, 0.25) is 5.02 Å². The Morgan fingerprint density at radius 1 is 1.30 bits per heavy atom. The van der Waals surface area contributed by atoms with Crippen LogP contribution in [0.3, 0.4) is 0 Å². The first-order valence-electron chi connectivity index (χ1n) is 7.23. The highest BCUT2D eigenvalue weighted by Gasteiger charge is 2.10. The second kappa shape index (κ2) is 6.71. The molecule has 0 spiro atoms. The number of para-hydroxylation sites is 2. The van der Waals surface area contributed by atoms with Gasteiger partial charge in [0, 0.05) is 17.9 Å². The molecule has 1 aromatic heterocycles. The molecule has 6 heteroatoms. The minimum Gasteiger partial charge on any atom is -0.495 e. The van der Waals surface area contributed by atoms with Crippen molar-refractivity contribution in [1.29, 1.82) is 0 Å². The summed E-state index contributed by atoms with van der Waals surface area (Å²) in [7, 11) is 1.55. The monoisotopic (exact) mass is 329 g/mol. The summed E-state index contributed by atoms with van der Waals surface area (Å²) in [5.74, 6) is 1.25. The molecule has 0 aliphatic rings. The van der Waals surface area contributed by atoms with Crippen LogP contribution in [0.15, 0.2) is 42.5 Å². The number of nitrogens with one attached hydrogen (secondary N) is 2. The number of hydrogen-bond donors (Lipinski definition) is 2. The number of benzene rings is 2. The van der Waals surface area contributed by atoms with E-state index in [1.807, 2.05) is 24.3 Å². The largest absolute Gasteiger partial charge is 0.495 e. The summed E-state index contributed by atoms with van der Waals surface area (Å²) in [5.41, 5.74) is 2.44. The van der Waals surface area contributed by atoms with Gasteiger partial charge in [0.25, 0.3) is 0 Å². The second-order valence-electron chi connectivity index (χ2n) is 5.09. The standard InChI is InChI=1S/C17H16ClN3O2/c1-23-15-7-6-11(18)10-14(15)21-17(22)9-8-16-19-12-4-2-3-5-13(12)20-16/h2-7,10H,8-9H2,1H3,(H,19,20)(H,21,22). The smallest absolute Gasteiger partial charge is 0.224 e. The molecule has 2 N–H and O–H groups in total. The lowest BCUT2D eigenvalue weighted by atomic mass is 10.2. The average Bonchev–Trinajstić information content (AvgIpc) is 2.96. The average molecular weight is 330 g/mol. The van der Waals surface area contributed by atoms with E-state index in [-0.39, 0.29) is 5.91 Å². The molecule has 0 saturated heterocycles. The van der Waals surface area contributed by atoms with Crippen LogP contribution in [0.5, 0.6) is 5.75 Å². The fourth-order valence-corrected chi connectivity index (χ4v) is 2.52. The number of rotatable bonds is 5. The number of fused-ring (bicyclic) bond motifs is 1.